The van der Waals surface area contributed by atoms with Crippen molar-refractivity contribution < 1.29 is 4.79 Å². The average Bonchev–Trinajstić information content (AvgIpc) is 2.88. The maximum atomic E-state index is 11.3. The van der Waals surface area contributed by atoms with Gasteiger partial charge in [-0.05, 0) is 12.8 Å². The Morgan fingerprint density at radius 3 is 2.93 bits per heavy atom. The van der Waals surface area contributed by atoms with Gasteiger partial charge in [0.15, 0.2) is 5.82 Å². The van der Waals surface area contributed by atoms with Gasteiger partial charge in [0.25, 0.3) is 0 Å². The van der Waals surface area contributed by atoms with Crippen molar-refractivity contribution in [1.29, 1.82) is 0 Å². The molecule has 1 aliphatic rings. The van der Waals surface area contributed by atoms with Crippen molar-refractivity contribution in [2.24, 2.45) is 5.92 Å². The number of anilines is 1. The lowest BCUT2D eigenvalue weighted by molar-refractivity contribution is -0.118. The van der Waals surface area contributed by atoms with Crippen LogP contribution in [-0.4, -0.2) is 15.5 Å². The van der Waals surface area contributed by atoms with Crippen LogP contribution in [0.15, 0.2) is 12.5 Å². The summed E-state index contributed by atoms with van der Waals surface area (Å²) in [6.45, 7) is 3.74. The average molecular weight is 193 g/mol. The lowest BCUT2D eigenvalue weighted by Crippen LogP contribution is -2.17. The monoisotopic (exact) mass is 193 g/mol. The van der Waals surface area contributed by atoms with Gasteiger partial charge in [-0.25, -0.2) is 4.98 Å². The first-order valence-corrected chi connectivity index (χ1v) is 5.01. The van der Waals surface area contributed by atoms with Crippen LogP contribution in [0.25, 0.3) is 0 Å². The molecule has 14 heavy (non-hydrogen) atoms. The van der Waals surface area contributed by atoms with Gasteiger partial charge >= 0.3 is 0 Å². The molecule has 76 valence electrons. The molecule has 0 atom stereocenters. The number of aromatic nitrogens is 2. The zero-order valence-corrected chi connectivity index (χ0v) is 8.53. The SMILES string of the molecule is CC(C)C(=O)Nc1cn(C2CC2)cn1. The summed E-state index contributed by atoms with van der Waals surface area (Å²) in [4.78, 5) is 15.5. The predicted molar refractivity (Wildman–Crippen MR) is 54.0 cm³/mol. The van der Waals surface area contributed by atoms with Crippen molar-refractivity contribution in [3.8, 4) is 0 Å². The Morgan fingerprint density at radius 1 is 1.64 bits per heavy atom. The molecule has 1 N–H and O–H groups in total. The molecule has 1 aromatic rings. The molecule has 1 saturated carbocycles. The number of nitrogens with one attached hydrogen (secondary N) is 1. The molecular weight excluding hydrogens is 178 g/mol. The van der Waals surface area contributed by atoms with E-state index < -0.39 is 0 Å². The van der Waals surface area contributed by atoms with Crippen LogP contribution >= 0.6 is 0 Å². The summed E-state index contributed by atoms with van der Waals surface area (Å²) < 4.78 is 2.07. The topological polar surface area (TPSA) is 46.9 Å². The summed E-state index contributed by atoms with van der Waals surface area (Å²) in [7, 11) is 0. The fourth-order valence-corrected chi connectivity index (χ4v) is 1.24. The first kappa shape index (κ1) is 9.24. The first-order chi connectivity index (χ1) is 6.66. The second-order valence-corrected chi connectivity index (χ2v) is 4.08. The van der Waals surface area contributed by atoms with Gasteiger partial charge in [0.05, 0.1) is 6.33 Å². The highest BCUT2D eigenvalue weighted by Gasteiger charge is 2.23. The minimum Gasteiger partial charge on any atom is -0.332 e. The molecule has 1 fully saturated rings. The van der Waals surface area contributed by atoms with Crippen LogP contribution in [0, 0.1) is 5.92 Å². The molecule has 1 amide bonds. The molecule has 0 saturated heterocycles. The van der Waals surface area contributed by atoms with Crippen molar-refractivity contribution in [2.75, 3.05) is 5.32 Å². The number of nitrogens with zero attached hydrogens (tertiary/aromatic N) is 2. The molecular formula is C10H15N3O. The third kappa shape index (κ3) is 1.95. The Hall–Kier alpha value is -1.32. The molecule has 1 aromatic heterocycles. The van der Waals surface area contributed by atoms with Crippen molar-refractivity contribution in [3.63, 3.8) is 0 Å². The van der Waals surface area contributed by atoms with E-state index in [1.54, 1.807) is 6.33 Å². The number of carbonyl (C=O) groups excluding carboxylic acids is 1. The van der Waals surface area contributed by atoms with Gasteiger partial charge in [-0.2, -0.15) is 0 Å². The van der Waals surface area contributed by atoms with E-state index in [0.717, 1.165) is 0 Å². The normalized spacial score (nSPS) is 15.9. The fourth-order valence-electron chi connectivity index (χ4n) is 1.24. The zero-order valence-electron chi connectivity index (χ0n) is 8.53. The molecule has 0 spiro atoms. The highest BCUT2D eigenvalue weighted by Crippen LogP contribution is 2.34. The first-order valence-electron chi connectivity index (χ1n) is 5.01. The second-order valence-electron chi connectivity index (χ2n) is 4.08. The standard InChI is InChI=1S/C10H15N3O/c1-7(2)10(14)12-9-5-13(6-11-9)8-3-4-8/h5-8H,3-4H2,1-2H3,(H,12,14). The Kier molecular flexibility index (Phi) is 2.27. The lowest BCUT2D eigenvalue weighted by Gasteiger charge is -2.03. The molecule has 0 aromatic carbocycles. The van der Waals surface area contributed by atoms with Gasteiger partial charge in [0.1, 0.15) is 0 Å². The van der Waals surface area contributed by atoms with Gasteiger partial charge in [-0.3, -0.25) is 4.79 Å². The molecule has 4 heteroatoms. The summed E-state index contributed by atoms with van der Waals surface area (Å²) in [5, 5.41) is 2.77. The highest BCUT2D eigenvalue weighted by molar-refractivity contribution is 5.90. The number of rotatable bonds is 3. The summed E-state index contributed by atoms with van der Waals surface area (Å²) >= 11 is 0. The molecule has 0 unspecified atom stereocenters. The minimum absolute atomic E-state index is 0.000995. The van der Waals surface area contributed by atoms with Crippen LogP contribution in [0.2, 0.25) is 0 Å². The van der Waals surface area contributed by atoms with Crippen LogP contribution in [-0.2, 0) is 4.79 Å². The number of amides is 1. The van der Waals surface area contributed by atoms with Crippen LogP contribution in [0.1, 0.15) is 32.7 Å². The summed E-state index contributed by atoms with van der Waals surface area (Å²) in [5.74, 6) is 0.683. The summed E-state index contributed by atoms with van der Waals surface area (Å²) in [6.07, 6.45) is 6.15. The predicted octanol–water partition coefficient (Wildman–Crippen LogP) is 1.81. The Labute approximate surface area is 83.3 Å². The van der Waals surface area contributed by atoms with E-state index in [9.17, 15) is 4.79 Å². The third-order valence-electron chi connectivity index (χ3n) is 2.35. The minimum atomic E-state index is 0.000995. The Morgan fingerprint density at radius 2 is 2.36 bits per heavy atom. The van der Waals surface area contributed by atoms with E-state index in [4.69, 9.17) is 0 Å². The molecule has 0 bridgehead atoms. The van der Waals surface area contributed by atoms with E-state index in [2.05, 4.69) is 14.9 Å². The van der Waals surface area contributed by atoms with Gasteiger partial charge < -0.3 is 9.88 Å². The Balaban J connectivity index is 1.99. The maximum absolute atomic E-state index is 11.3. The van der Waals surface area contributed by atoms with E-state index in [-0.39, 0.29) is 11.8 Å². The van der Waals surface area contributed by atoms with E-state index >= 15 is 0 Å². The van der Waals surface area contributed by atoms with Crippen molar-refractivity contribution in [3.05, 3.63) is 12.5 Å². The van der Waals surface area contributed by atoms with Crippen molar-refractivity contribution >= 4 is 11.7 Å². The summed E-state index contributed by atoms with van der Waals surface area (Å²) in [6, 6.07) is 0.618. The lowest BCUT2D eigenvalue weighted by atomic mass is 10.2. The zero-order chi connectivity index (χ0) is 10.1. The van der Waals surface area contributed by atoms with E-state index in [1.165, 1.54) is 12.8 Å². The number of hydrogen-bond donors (Lipinski definition) is 1. The van der Waals surface area contributed by atoms with Gasteiger partial charge in [0, 0.05) is 18.2 Å². The van der Waals surface area contributed by atoms with E-state index in [0.29, 0.717) is 11.9 Å². The van der Waals surface area contributed by atoms with Gasteiger partial charge in [0.2, 0.25) is 5.91 Å². The highest BCUT2D eigenvalue weighted by atomic mass is 16.1. The molecule has 0 aliphatic heterocycles. The molecule has 4 nitrogen and oxygen atoms in total. The number of carbonyl (C=O) groups is 1. The van der Waals surface area contributed by atoms with Crippen molar-refractivity contribution in [2.45, 2.75) is 32.7 Å². The van der Waals surface area contributed by atoms with Crippen LogP contribution in [0.5, 0.6) is 0 Å². The smallest absolute Gasteiger partial charge is 0.228 e. The maximum Gasteiger partial charge on any atom is 0.228 e. The molecule has 2 rings (SSSR count). The number of imidazole rings is 1. The van der Waals surface area contributed by atoms with Crippen LogP contribution in [0.4, 0.5) is 5.82 Å². The largest absolute Gasteiger partial charge is 0.332 e. The van der Waals surface area contributed by atoms with Crippen molar-refractivity contribution in [1.82, 2.24) is 9.55 Å². The Bertz CT molecular complexity index is 339. The summed E-state index contributed by atoms with van der Waals surface area (Å²) in [5.41, 5.74) is 0. The molecule has 1 aliphatic carbocycles. The molecule has 0 radical (unpaired) electrons. The second kappa shape index (κ2) is 3.44. The van der Waals surface area contributed by atoms with Crippen LogP contribution < -0.4 is 5.32 Å². The fraction of sp³-hybridized carbons (Fsp3) is 0.600. The third-order valence-corrected chi connectivity index (χ3v) is 2.35. The van der Waals surface area contributed by atoms with Gasteiger partial charge in [-0.15, -0.1) is 0 Å². The number of hydrogen-bond acceptors (Lipinski definition) is 2. The molecule has 1 heterocycles. The van der Waals surface area contributed by atoms with E-state index in [1.807, 2.05) is 20.0 Å². The quantitative estimate of drug-likeness (QED) is 0.795. The van der Waals surface area contributed by atoms with Gasteiger partial charge in [-0.1, -0.05) is 13.8 Å². The van der Waals surface area contributed by atoms with Crippen LogP contribution in [0.3, 0.4) is 0 Å².